The van der Waals surface area contributed by atoms with Crippen LogP contribution in [0.5, 0.6) is 0 Å². The van der Waals surface area contributed by atoms with Crippen molar-refractivity contribution in [2.24, 2.45) is 0 Å². The molecule has 11 rings (SSSR count). The summed E-state index contributed by atoms with van der Waals surface area (Å²) in [5.41, 5.74) is 5.17. The zero-order chi connectivity index (χ0) is 33.3. The summed E-state index contributed by atoms with van der Waals surface area (Å²) >= 11 is 3.85. The Morgan fingerprint density at radius 2 is 0.820 bits per heavy atom. The zero-order valence-electron chi connectivity index (χ0n) is 27.8. The Labute approximate surface area is 298 Å². The summed E-state index contributed by atoms with van der Waals surface area (Å²) in [5, 5.41) is 15.9. The highest BCUT2D eigenvalue weighted by Gasteiger charge is 2.21. The second-order valence-electron chi connectivity index (χ2n) is 12.8. The molecule has 11 aromatic rings. The van der Waals surface area contributed by atoms with Crippen LogP contribution in [0.1, 0.15) is 13.8 Å². The van der Waals surface area contributed by atoms with Gasteiger partial charge >= 0.3 is 0 Å². The van der Waals surface area contributed by atoms with Crippen LogP contribution in [0.2, 0.25) is 0 Å². The minimum Gasteiger partial charge on any atom is -0.135 e. The lowest BCUT2D eigenvalue weighted by Crippen LogP contribution is -1.91. The Balaban J connectivity index is 0.00000156. The Bertz CT molecular complexity index is 3050. The first-order chi connectivity index (χ1) is 24.8. The van der Waals surface area contributed by atoms with Gasteiger partial charge in [0.1, 0.15) is 0 Å². The van der Waals surface area contributed by atoms with Crippen molar-refractivity contribution in [3.05, 3.63) is 158 Å². The van der Waals surface area contributed by atoms with Crippen molar-refractivity contribution >= 4 is 106 Å². The van der Waals surface area contributed by atoms with Gasteiger partial charge in [0.05, 0.1) is 0 Å². The van der Waals surface area contributed by atoms with Crippen molar-refractivity contribution in [1.29, 1.82) is 0 Å². The van der Waals surface area contributed by atoms with E-state index < -0.39 is 0 Å². The maximum Gasteiger partial charge on any atom is 0.0370 e. The smallest absolute Gasteiger partial charge is 0.0370 e. The molecule has 0 fully saturated rings. The molecule has 0 spiro atoms. The first kappa shape index (κ1) is 29.4. The Hall–Kier alpha value is -5.54. The minimum atomic E-state index is 1.25. The summed E-state index contributed by atoms with van der Waals surface area (Å²) in [5.74, 6) is 0. The number of thiophene rings is 2. The quantitative estimate of drug-likeness (QED) is 0.160. The molecule has 0 radical (unpaired) electrons. The van der Waals surface area contributed by atoms with Crippen LogP contribution in [0.25, 0.3) is 106 Å². The van der Waals surface area contributed by atoms with Gasteiger partial charge in [0.25, 0.3) is 0 Å². The molecule has 0 aliphatic heterocycles. The zero-order valence-corrected chi connectivity index (χ0v) is 29.5. The third-order valence-electron chi connectivity index (χ3n) is 10.2. The first-order valence-corrected chi connectivity index (χ1v) is 19.1. The van der Waals surface area contributed by atoms with E-state index in [1.165, 1.54) is 106 Å². The van der Waals surface area contributed by atoms with E-state index in [1.807, 2.05) is 36.5 Å². The molecule has 0 saturated heterocycles. The van der Waals surface area contributed by atoms with Crippen molar-refractivity contribution in [2.75, 3.05) is 0 Å². The topological polar surface area (TPSA) is 0 Å². The lowest BCUT2D eigenvalue weighted by Gasteiger charge is -2.19. The Morgan fingerprint density at radius 1 is 0.320 bits per heavy atom. The van der Waals surface area contributed by atoms with Crippen molar-refractivity contribution in [3.8, 4) is 22.3 Å². The van der Waals surface area contributed by atoms with Crippen molar-refractivity contribution < 1.29 is 0 Å². The number of benzene rings is 9. The maximum absolute atomic E-state index is 2.49. The van der Waals surface area contributed by atoms with Gasteiger partial charge < -0.3 is 0 Å². The second kappa shape index (κ2) is 11.5. The molecule has 0 aliphatic rings. The summed E-state index contributed by atoms with van der Waals surface area (Å²) < 4.78 is 5.41. The van der Waals surface area contributed by atoms with E-state index in [4.69, 9.17) is 0 Å². The summed E-state index contributed by atoms with van der Waals surface area (Å²) in [6, 6.07) is 58.7. The largest absolute Gasteiger partial charge is 0.135 e. The van der Waals surface area contributed by atoms with E-state index in [2.05, 4.69) is 158 Å². The molecule has 0 aliphatic carbocycles. The van der Waals surface area contributed by atoms with Crippen molar-refractivity contribution in [3.63, 3.8) is 0 Å². The van der Waals surface area contributed by atoms with Crippen LogP contribution < -0.4 is 0 Å². The van der Waals surface area contributed by atoms with E-state index in [0.717, 1.165) is 0 Å². The molecule has 236 valence electrons. The fraction of sp³-hybridized carbons (Fsp3) is 0.0417. The minimum absolute atomic E-state index is 1.25. The molecule has 0 unspecified atom stereocenters. The summed E-state index contributed by atoms with van der Waals surface area (Å²) in [7, 11) is 0. The normalized spacial score (nSPS) is 11.8. The van der Waals surface area contributed by atoms with Crippen molar-refractivity contribution in [1.82, 2.24) is 0 Å². The highest BCUT2D eigenvalue weighted by molar-refractivity contribution is 7.28. The molecule has 0 nitrogen and oxygen atoms in total. The van der Waals surface area contributed by atoms with Gasteiger partial charge in [0.2, 0.25) is 0 Å². The van der Waals surface area contributed by atoms with Crippen LogP contribution in [0, 0.1) is 0 Å². The molecule has 2 aromatic heterocycles. The van der Waals surface area contributed by atoms with Crippen molar-refractivity contribution in [2.45, 2.75) is 13.8 Å². The van der Waals surface area contributed by atoms with E-state index >= 15 is 0 Å². The number of hydrogen-bond acceptors (Lipinski definition) is 2. The molecule has 0 amide bonds. The number of rotatable bonds is 2. The predicted molar refractivity (Wildman–Crippen MR) is 224 cm³/mol. The molecule has 0 bridgehead atoms. The monoisotopic (exact) mass is 672 g/mol. The highest BCUT2D eigenvalue weighted by atomic mass is 32.1. The fourth-order valence-corrected chi connectivity index (χ4v) is 10.6. The summed E-state index contributed by atoms with van der Waals surface area (Å²) in [4.78, 5) is 0. The maximum atomic E-state index is 2.49. The molecule has 0 N–H and O–H groups in total. The lowest BCUT2D eigenvalue weighted by molar-refractivity contribution is 1.50. The Morgan fingerprint density at radius 3 is 1.48 bits per heavy atom. The van der Waals surface area contributed by atoms with Gasteiger partial charge in [-0.15, -0.1) is 22.7 Å². The van der Waals surface area contributed by atoms with Gasteiger partial charge in [0, 0.05) is 40.3 Å². The second-order valence-corrected chi connectivity index (χ2v) is 14.9. The molecule has 2 heteroatoms. The lowest BCUT2D eigenvalue weighted by atomic mass is 9.84. The summed E-state index contributed by atoms with van der Waals surface area (Å²) in [6.07, 6.45) is 0. The highest BCUT2D eigenvalue weighted by Crippen LogP contribution is 2.50. The average molecular weight is 673 g/mol. The van der Waals surface area contributed by atoms with Crippen LogP contribution in [0.15, 0.2) is 158 Å². The third-order valence-corrected chi connectivity index (χ3v) is 12.4. The van der Waals surface area contributed by atoms with E-state index in [9.17, 15) is 0 Å². The van der Waals surface area contributed by atoms with Crippen LogP contribution in [0.4, 0.5) is 0 Å². The molecule has 0 saturated carbocycles. The average Bonchev–Trinajstić information content (AvgIpc) is 3.74. The fourth-order valence-electron chi connectivity index (χ4n) is 8.22. The third kappa shape index (κ3) is 4.22. The molecular formula is C48H32S2. The van der Waals surface area contributed by atoms with E-state index in [0.29, 0.717) is 0 Å². The molecule has 0 atom stereocenters. The van der Waals surface area contributed by atoms with Gasteiger partial charge in [-0.2, -0.15) is 0 Å². The standard InChI is InChI=1S/C46H26S2.C2H6/c1-2-13-28(14-3-1)43-32-18-8-10-20-34(32)44(35-21-11-9-19-33(35)43)36-25-42-46(31-17-7-6-16-30(31)36)38-24-37-40(26-41(38)48-42)47-39-23-22-27-12-4-5-15-29(27)45(37)39;1-2/h1-26H;1-2H3. The Kier molecular flexibility index (Phi) is 6.77. The van der Waals surface area contributed by atoms with Crippen LogP contribution in [-0.2, 0) is 0 Å². The molecule has 50 heavy (non-hydrogen) atoms. The predicted octanol–water partition coefficient (Wildman–Crippen LogP) is 15.4. The number of hydrogen-bond donors (Lipinski definition) is 0. The van der Waals surface area contributed by atoms with Gasteiger partial charge in [-0.05, 0) is 89.6 Å². The van der Waals surface area contributed by atoms with Gasteiger partial charge in [-0.1, -0.05) is 147 Å². The molecule has 9 aromatic carbocycles. The van der Waals surface area contributed by atoms with Crippen LogP contribution >= 0.6 is 22.7 Å². The first-order valence-electron chi connectivity index (χ1n) is 17.4. The van der Waals surface area contributed by atoms with Crippen LogP contribution in [-0.4, -0.2) is 0 Å². The van der Waals surface area contributed by atoms with Gasteiger partial charge in [-0.25, -0.2) is 0 Å². The van der Waals surface area contributed by atoms with E-state index in [1.54, 1.807) is 0 Å². The van der Waals surface area contributed by atoms with Gasteiger partial charge in [0.15, 0.2) is 0 Å². The number of fused-ring (bicyclic) bond motifs is 12. The van der Waals surface area contributed by atoms with Gasteiger partial charge in [-0.3, -0.25) is 0 Å². The van der Waals surface area contributed by atoms with E-state index in [-0.39, 0.29) is 0 Å². The molecular weight excluding hydrogens is 641 g/mol. The summed E-state index contributed by atoms with van der Waals surface area (Å²) in [6.45, 7) is 4.00. The van der Waals surface area contributed by atoms with Crippen LogP contribution in [0.3, 0.4) is 0 Å². The molecule has 2 heterocycles. The SMILES string of the molecule is CC.c1ccc(-c2c3ccccc3c(-c3cc4sc5cc6sc7ccc8ccccc8c7c6cc5c4c4ccccc34)c3ccccc23)cc1.